The first kappa shape index (κ1) is 13.4. The molecule has 4 heteroatoms. The second kappa shape index (κ2) is 6.75. The number of para-hydroxylation sites is 1. The van der Waals surface area contributed by atoms with E-state index in [9.17, 15) is 0 Å². The number of hydrogen-bond donors (Lipinski definition) is 3. The standard InChI is InChI=1S/C15H17N3S/c1-12(13-8-4-2-5-9-13)16-15(19)18-17-14-10-6-3-7-11-14/h2-12,17H,1H3,(H2,16,18,19)/t12-/m1/s1. The Morgan fingerprint density at radius 1 is 0.947 bits per heavy atom. The minimum Gasteiger partial charge on any atom is -0.355 e. The van der Waals surface area contributed by atoms with Gasteiger partial charge in [-0.2, -0.15) is 0 Å². The molecule has 0 heterocycles. The van der Waals surface area contributed by atoms with Crippen LogP contribution in [0.2, 0.25) is 0 Å². The molecule has 0 saturated heterocycles. The average Bonchev–Trinajstić information content (AvgIpc) is 2.47. The van der Waals surface area contributed by atoms with Crippen molar-refractivity contribution in [1.82, 2.24) is 10.7 Å². The Bertz CT molecular complexity index is 513. The SMILES string of the molecule is C[C@@H](NC(=S)NNc1ccccc1)c1ccccc1. The minimum absolute atomic E-state index is 0.166. The highest BCUT2D eigenvalue weighted by molar-refractivity contribution is 7.80. The lowest BCUT2D eigenvalue weighted by molar-refractivity contribution is 0.708. The normalized spacial score (nSPS) is 11.4. The summed E-state index contributed by atoms with van der Waals surface area (Å²) in [6, 6.07) is 20.2. The third kappa shape index (κ3) is 4.26. The number of thiocarbonyl (C=S) groups is 1. The maximum Gasteiger partial charge on any atom is 0.185 e. The van der Waals surface area contributed by atoms with Crippen LogP contribution in [0.1, 0.15) is 18.5 Å². The lowest BCUT2D eigenvalue weighted by Crippen LogP contribution is -2.39. The van der Waals surface area contributed by atoms with Gasteiger partial charge in [-0.15, -0.1) is 0 Å². The summed E-state index contributed by atoms with van der Waals surface area (Å²) in [6.07, 6.45) is 0. The van der Waals surface area contributed by atoms with E-state index < -0.39 is 0 Å². The Morgan fingerprint density at radius 2 is 1.53 bits per heavy atom. The van der Waals surface area contributed by atoms with E-state index in [0.29, 0.717) is 5.11 Å². The van der Waals surface area contributed by atoms with Gasteiger partial charge in [0.2, 0.25) is 0 Å². The lowest BCUT2D eigenvalue weighted by Gasteiger charge is -2.18. The molecule has 3 nitrogen and oxygen atoms in total. The van der Waals surface area contributed by atoms with E-state index in [1.54, 1.807) is 0 Å². The summed E-state index contributed by atoms with van der Waals surface area (Å²) in [6.45, 7) is 2.08. The van der Waals surface area contributed by atoms with Crippen LogP contribution in [0.15, 0.2) is 60.7 Å². The molecule has 0 aliphatic heterocycles. The zero-order valence-electron chi connectivity index (χ0n) is 10.8. The summed E-state index contributed by atoms with van der Waals surface area (Å²) in [5.41, 5.74) is 8.19. The van der Waals surface area contributed by atoms with Crippen molar-refractivity contribution in [1.29, 1.82) is 0 Å². The Kier molecular flexibility index (Phi) is 4.75. The average molecular weight is 271 g/mol. The molecule has 0 radical (unpaired) electrons. The number of benzene rings is 2. The number of nitrogens with one attached hydrogen (secondary N) is 3. The molecule has 3 N–H and O–H groups in total. The van der Waals surface area contributed by atoms with Crippen molar-refractivity contribution >= 4 is 23.0 Å². The van der Waals surface area contributed by atoms with Crippen LogP contribution >= 0.6 is 12.2 Å². The molecular formula is C15H17N3S. The Labute approximate surface area is 119 Å². The van der Waals surface area contributed by atoms with Crippen molar-refractivity contribution in [2.45, 2.75) is 13.0 Å². The maximum atomic E-state index is 5.24. The molecule has 2 aromatic carbocycles. The van der Waals surface area contributed by atoms with Gasteiger partial charge in [0.25, 0.3) is 0 Å². The monoisotopic (exact) mass is 271 g/mol. The number of hydrogen-bond acceptors (Lipinski definition) is 2. The topological polar surface area (TPSA) is 36.1 Å². The molecule has 0 fully saturated rings. The zero-order valence-corrected chi connectivity index (χ0v) is 11.6. The summed E-state index contributed by atoms with van der Waals surface area (Å²) in [5, 5.41) is 3.79. The van der Waals surface area contributed by atoms with E-state index in [1.807, 2.05) is 48.5 Å². The van der Waals surface area contributed by atoms with E-state index in [0.717, 1.165) is 5.69 Å². The van der Waals surface area contributed by atoms with Gasteiger partial charge in [0, 0.05) is 0 Å². The zero-order chi connectivity index (χ0) is 13.5. The van der Waals surface area contributed by atoms with Crippen LogP contribution in [-0.4, -0.2) is 5.11 Å². The third-order valence-corrected chi connectivity index (χ3v) is 2.96. The van der Waals surface area contributed by atoms with Gasteiger partial charge in [0.15, 0.2) is 5.11 Å². The van der Waals surface area contributed by atoms with Crippen molar-refractivity contribution < 1.29 is 0 Å². The molecular weight excluding hydrogens is 254 g/mol. The molecule has 0 spiro atoms. The van der Waals surface area contributed by atoms with Gasteiger partial charge in [-0.3, -0.25) is 10.9 Å². The van der Waals surface area contributed by atoms with Gasteiger partial charge in [-0.1, -0.05) is 48.5 Å². The van der Waals surface area contributed by atoms with Crippen molar-refractivity contribution in [3.05, 3.63) is 66.2 Å². The molecule has 19 heavy (non-hydrogen) atoms. The molecule has 98 valence electrons. The van der Waals surface area contributed by atoms with Crippen LogP contribution < -0.4 is 16.2 Å². The highest BCUT2D eigenvalue weighted by Crippen LogP contribution is 2.10. The summed E-state index contributed by atoms with van der Waals surface area (Å²) < 4.78 is 0. The molecule has 2 rings (SSSR count). The minimum atomic E-state index is 0.166. The van der Waals surface area contributed by atoms with Crippen LogP contribution in [-0.2, 0) is 0 Å². The van der Waals surface area contributed by atoms with Gasteiger partial charge in [0.05, 0.1) is 11.7 Å². The first-order valence-corrected chi connectivity index (χ1v) is 6.59. The largest absolute Gasteiger partial charge is 0.355 e. The molecule has 0 unspecified atom stereocenters. The smallest absolute Gasteiger partial charge is 0.185 e. The van der Waals surface area contributed by atoms with Gasteiger partial charge in [0.1, 0.15) is 0 Å². The molecule has 2 aromatic rings. The summed E-state index contributed by atoms with van der Waals surface area (Å²) in [5.74, 6) is 0. The van der Waals surface area contributed by atoms with E-state index >= 15 is 0 Å². The fourth-order valence-corrected chi connectivity index (χ4v) is 1.94. The Morgan fingerprint density at radius 3 is 2.16 bits per heavy atom. The molecule has 0 bridgehead atoms. The molecule has 0 saturated carbocycles. The van der Waals surface area contributed by atoms with Crippen molar-refractivity contribution in [2.24, 2.45) is 0 Å². The Balaban J connectivity index is 1.82. The second-order valence-corrected chi connectivity index (χ2v) is 4.63. The van der Waals surface area contributed by atoms with Gasteiger partial charge in [-0.25, -0.2) is 0 Å². The predicted molar refractivity (Wildman–Crippen MR) is 83.8 cm³/mol. The van der Waals surface area contributed by atoms with Crippen molar-refractivity contribution in [3.8, 4) is 0 Å². The lowest BCUT2D eigenvalue weighted by atomic mass is 10.1. The molecule has 0 aliphatic rings. The molecule has 0 amide bonds. The van der Waals surface area contributed by atoms with Gasteiger partial charge >= 0.3 is 0 Å². The summed E-state index contributed by atoms with van der Waals surface area (Å²) in [7, 11) is 0. The number of hydrazine groups is 1. The van der Waals surface area contributed by atoms with E-state index in [4.69, 9.17) is 12.2 Å². The fraction of sp³-hybridized carbons (Fsp3) is 0.133. The summed E-state index contributed by atoms with van der Waals surface area (Å²) in [4.78, 5) is 0. The van der Waals surface area contributed by atoms with Crippen molar-refractivity contribution in [2.75, 3.05) is 5.43 Å². The Hall–Kier alpha value is -2.07. The quantitative estimate of drug-likeness (QED) is 0.589. The maximum absolute atomic E-state index is 5.24. The van der Waals surface area contributed by atoms with Crippen LogP contribution in [0.25, 0.3) is 0 Å². The van der Waals surface area contributed by atoms with Crippen LogP contribution in [0, 0.1) is 0 Å². The number of rotatable bonds is 4. The predicted octanol–water partition coefficient (Wildman–Crippen LogP) is 3.24. The van der Waals surface area contributed by atoms with Crippen LogP contribution in [0.3, 0.4) is 0 Å². The highest BCUT2D eigenvalue weighted by Gasteiger charge is 2.05. The molecule has 1 atom stereocenters. The van der Waals surface area contributed by atoms with Crippen molar-refractivity contribution in [3.63, 3.8) is 0 Å². The fourth-order valence-electron chi connectivity index (χ4n) is 1.71. The third-order valence-electron chi connectivity index (χ3n) is 2.74. The molecule has 0 aliphatic carbocycles. The highest BCUT2D eigenvalue weighted by atomic mass is 32.1. The van der Waals surface area contributed by atoms with E-state index in [1.165, 1.54) is 5.56 Å². The van der Waals surface area contributed by atoms with E-state index in [-0.39, 0.29) is 6.04 Å². The van der Waals surface area contributed by atoms with Gasteiger partial charge in [-0.05, 0) is 36.8 Å². The molecule has 0 aromatic heterocycles. The first-order valence-electron chi connectivity index (χ1n) is 6.18. The summed E-state index contributed by atoms with van der Waals surface area (Å²) >= 11 is 5.24. The second-order valence-electron chi connectivity index (χ2n) is 4.22. The van der Waals surface area contributed by atoms with E-state index in [2.05, 4.69) is 35.2 Å². The van der Waals surface area contributed by atoms with Crippen LogP contribution in [0.5, 0.6) is 0 Å². The number of anilines is 1. The first-order chi connectivity index (χ1) is 9.25. The van der Waals surface area contributed by atoms with Crippen LogP contribution in [0.4, 0.5) is 5.69 Å². The van der Waals surface area contributed by atoms with Gasteiger partial charge < -0.3 is 5.32 Å².